The summed E-state index contributed by atoms with van der Waals surface area (Å²) in [6.45, 7) is 5.94. The van der Waals surface area contributed by atoms with E-state index < -0.39 is 0 Å². The van der Waals surface area contributed by atoms with Crippen LogP contribution in [-0.2, 0) is 11.2 Å². The molecule has 138 valence electrons. The van der Waals surface area contributed by atoms with E-state index in [4.69, 9.17) is 4.74 Å². The third-order valence-corrected chi connectivity index (χ3v) is 4.96. The Morgan fingerprint density at radius 1 is 1.16 bits per heavy atom. The van der Waals surface area contributed by atoms with Gasteiger partial charge in [-0.2, -0.15) is 0 Å². The van der Waals surface area contributed by atoms with Crippen LogP contribution in [0.2, 0.25) is 0 Å². The molecule has 3 rings (SSSR count). The highest BCUT2D eigenvalue weighted by molar-refractivity contribution is 5.74. The van der Waals surface area contributed by atoms with Gasteiger partial charge in [0.05, 0.1) is 6.10 Å². The van der Waals surface area contributed by atoms with E-state index in [2.05, 4.69) is 10.2 Å². The van der Waals surface area contributed by atoms with Gasteiger partial charge in [0, 0.05) is 39.3 Å². The highest BCUT2D eigenvalue weighted by Crippen LogP contribution is 2.14. The van der Waals surface area contributed by atoms with Gasteiger partial charge in [-0.3, -0.25) is 4.90 Å². The molecule has 5 nitrogen and oxygen atoms in total. The van der Waals surface area contributed by atoms with Gasteiger partial charge in [-0.05, 0) is 49.9 Å². The number of ether oxygens (including phenoxy) is 1. The van der Waals surface area contributed by atoms with E-state index in [0.29, 0.717) is 19.1 Å². The Balaban J connectivity index is 1.37. The molecule has 2 aliphatic heterocycles. The molecule has 0 spiro atoms. The highest BCUT2D eigenvalue weighted by atomic mass is 19.1. The summed E-state index contributed by atoms with van der Waals surface area (Å²) in [6.07, 6.45) is 4.41. The van der Waals surface area contributed by atoms with Gasteiger partial charge < -0.3 is 15.0 Å². The van der Waals surface area contributed by atoms with Gasteiger partial charge in [0.25, 0.3) is 0 Å². The lowest BCUT2D eigenvalue weighted by molar-refractivity contribution is 0.0746. The first-order valence-electron chi connectivity index (χ1n) is 9.32. The van der Waals surface area contributed by atoms with Crippen molar-refractivity contribution in [3.05, 3.63) is 35.6 Å². The number of benzene rings is 1. The monoisotopic (exact) mass is 349 g/mol. The van der Waals surface area contributed by atoms with E-state index in [9.17, 15) is 9.18 Å². The average Bonchev–Trinajstić information content (AvgIpc) is 3.01. The number of hydrogen-bond acceptors (Lipinski definition) is 3. The van der Waals surface area contributed by atoms with E-state index in [1.54, 1.807) is 12.1 Å². The molecular formula is C19H28FN3O2. The summed E-state index contributed by atoms with van der Waals surface area (Å²) < 4.78 is 18.6. The fraction of sp³-hybridized carbons (Fsp3) is 0.632. The summed E-state index contributed by atoms with van der Waals surface area (Å²) in [6, 6.07) is 6.43. The smallest absolute Gasteiger partial charge is 0.317 e. The van der Waals surface area contributed by atoms with Crippen LogP contribution in [0, 0.1) is 5.82 Å². The van der Waals surface area contributed by atoms with Crippen molar-refractivity contribution in [1.29, 1.82) is 0 Å². The number of amides is 2. The van der Waals surface area contributed by atoms with Crippen molar-refractivity contribution in [1.82, 2.24) is 15.1 Å². The predicted molar refractivity (Wildman–Crippen MR) is 95.1 cm³/mol. The van der Waals surface area contributed by atoms with Crippen molar-refractivity contribution >= 4 is 6.03 Å². The molecule has 1 aromatic rings. The first-order chi connectivity index (χ1) is 12.2. The standard InChI is InChI=1S/C19H28FN3O2/c20-17-6-4-16(5-7-17)8-9-21-19(24)23-11-2-10-22(12-13-23)15-18-3-1-14-25-18/h4-7,18H,1-3,8-15H2,(H,21,24)/t18-/m0/s1. The van der Waals surface area contributed by atoms with Crippen LogP contribution in [0.15, 0.2) is 24.3 Å². The van der Waals surface area contributed by atoms with Crippen LogP contribution in [0.4, 0.5) is 9.18 Å². The number of carbonyl (C=O) groups is 1. The Kier molecular flexibility index (Phi) is 6.64. The van der Waals surface area contributed by atoms with Crippen molar-refractivity contribution in [2.24, 2.45) is 0 Å². The summed E-state index contributed by atoms with van der Waals surface area (Å²) >= 11 is 0. The minimum Gasteiger partial charge on any atom is -0.377 e. The molecule has 0 radical (unpaired) electrons. The molecule has 2 amide bonds. The van der Waals surface area contributed by atoms with Crippen molar-refractivity contribution < 1.29 is 13.9 Å². The number of carbonyl (C=O) groups excluding carboxylic acids is 1. The molecule has 1 atom stereocenters. The number of rotatable bonds is 5. The van der Waals surface area contributed by atoms with E-state index in [1.807, 2.05) is 4.90 Å². The van der Waals surface area contributed by atoms with E-state index in [0.717, 1.165) is 57.7 Å². The number of nitrogens with one attached hydrogen (secondary N) is 1. The van der Waals surface area contributed by atoms with Gasteiger partial charge in [0.2, 0.25) is 0 Å². The lowest BCUT2D eigenvalue weighted by Gasteiger charge is -2.24. The summed E-state index contributed by atoms with van der Waals surface area (Å²) in [4.78, 5) is 16.7. The summed E-state index contributed by atoms with van der Waals surface area (Å²) in [5.41, 5.74) is 1.03. The van der Waals surface area contributed by atoms with Crippen LogP contribution >= 0.6 is 0 Å². The molecule has 0 aromatic heterocycles. The Bertz CT molecular complexity index is 546. The fourth-order valence-electron chi connectivity index (χ4n) is 3.51. The molecule has 0 saturated carbocycles. The van der Waals surface area contributed by atoms with Crippen LogP contribution in [0.5, 0.6) is 0 Å². The van der Waals surface area contributed by atoms with Crippen LogP contribution < -0.4 is 5.32 Å². The molecule has 0 aliphatic carbocycles. The first kappa shape index (κ1) is 18.1. The number of urea groups is 1. The van der Waals surface area contributed by atoms with E-state index >= 15 is 0 Å². The number of halogens is 1. The maximum absolute atomic E-state index is 12.9. The lowest BCUT2D eigenvalue weighted by Crippen LogP contribution is -2.43. The van der Waals surface area contributed by atoms with Crippen LogP contribution in [-0.4, -0.2) is 67.8 Å². The fourth-order valence-corrected chi connectivity index (χ4v) is 3.51. The third-order valence-electron chi connectivity index (χ3n) is 4.96. The zero-order chi connectivity index (χ0) is 17.5. The summed E-state index contributed by atoms with van der Waals surface area (Å²) in [7, 11) is 0. The SMILES string of the molecule is O=C(NCCc1ccc(F)cc1)N1CCCN(C[C@@H]2CCCO2)CC1. The zero-order valence-corrected chi connectivity index (χ0v) is 14.8. The Morgan fingerprint density at radius 2 is 2.00 bits per heavy atom. The Morgan fingerprint density at radius 3 is 2.76 bits per heavy atom. The van der Waals surface area contributed by atoms with Crippen LogP contribution in [0.1, 0.15) is 24.8 Å². The molecule has 2 fully saturated rings. The molecule has 2 saturated heterocycles. The molecular weight excluding hydrogens is 321 g/mol. The van der Waals surface area contributed by atoms with Crippen molar-refractivity contribution in [2.45, 2.75) is 31.8 Å². The van der Waals surface area contributed by atoms with E-state index in [1.165, 1.54) is 18.6 Å². The molecule has 25 heavy (non-hydrogen) atoms. The lowest BCUT2D eigenvalue weighted by atomic mass is 10.1. The summed E-state index contributed by atoms with van der Waals surface area (Å²) in [5, 5.41) is 2.98. The average molecular weight is 349 g/mol. The topological polar surface area (TPSA) is 44.8 Å². The molecule has 2 heterocycles. The van der Waals surface area contributed by atoms with Crippen molar-refractivity contribution in [3.63, 3.8) is 0 Å². The normalized spacial score (nSPS) is 22.0. The molecule has 0 unspecified atom stereocenters. The minimum atomic E-state index is -0.232. The second-order valence-electron chi connectivity index (χ2n) is 6.88. The Labute approximate surface area is 149 Å². The van der Waals surface area contributed by atoms with Crippen molar-refractivity contribution in [2.75, 3.05) is 45.9 Å². The van der Waals surface area contributed by atoms with Crippen molar-refractivity contribution in [3.8, 4) is 0 Å². The van der Waals surface area contributed by atoms with Crippen LogP contribution in [0.25, 0.3) is 0 Å². The maximum atomic E-state index is 12.9. The minimum absolute atomic E-state index is 0.000998. The van der Waals surface area contributed by atoms with Gasteiger partial charge in [-0.1, -0.05) is 12.1 Å². The zero-order valence-electron chi connectivity index (χ0n) is 14.8. The largest absolute Gasteiger partial charge is 0.377 e. The maximum Gasteiger partial charge on any atom is 0.317 e. The molecule has 6 heteroatoms. The van der Waals surface area contributed by atoms with Gasteiger partial charge in [-0.25, -0.2) is 9.18 Å². The Hall–Kier alpha value is -1.66. The summed E-state index contributed by atoms with van der Waals surface area (Å²) in [5.74, 6) is -0.232. The third kappa shape index (κ3) is 5.68. The molecule has 1 aromatic carbocycles. The highest BCUT2D eigenvalue weighted by Gasteiger charge is 2.23. The van der Waals surface area contributed by atoms with E-state index in [-0.39, 0.29) is 11.8 Å². The molecule has 0 bridgehead atoms. The second kappa shape index (κ2) is 9.15. The van der Waals surface area contributed by atoms with Gasteiger partial charge >= 0.3 is 6.03 Å². The quantitative estimate of drug-likeness (QED) is 0.887. The van der Waals surface area contributed by atoms with Gasteiger partial charge in [0.1, 0.15) is 5.82 Å². The predicted octanol–water partition coefficient (Wildman–Crippen LogP) is 2.26. The number of nitrogens with zero attached hydrogens (tertiary/aromatic N) is 2. The second-order valence-corrected chi connectivity index (χ2v) is 6.88. The van der Waals surface area contributed by atoms with Gasteiger partial charge in [-0.15, -0.1) is 0 Å². The molecule has 1 N–H and O–H groups in total. The van der Waals surface area contributed by atoms with Gasteiger partial charge in [0.15, 0.2) is 0 Å². The van der Waals surface area contributed by atoms with Crippen LogP contribution in [0.3, 0.4) is 0 Å². The number of hydrogen-bond donors (Lipinski definition) is 1. The molecule has 2 aliphatic rings. The first-order valence-corrected chi connectivity index (χ1v) is 9.32.